The maximum absolute atomic E-state index is 4.10. The van der Waals surface area contributed by atoms with Crippen molar-refractivity contribution in [2.45, 2.75) is 6.92 Å². The molecule has 0 saturated carbocycles. The Balaban J connectivity index is 2.95. The number of aromatic nitrogens is 2. The fourth-order valence-electron chi connectivity index (χ4n) is 1.01. The molecular weight excluding hydrogens is 124 g/mol. The summed E-state index contributed by atoms with van der Waals surface area (Å²) in [4.78, 5) is 0. The zero-order valence-electron chi connectivity index (χ0n) is 5.70. The van der Waals surface area contributed by atoms with Gasteiger partial charge < -0.3 is 0 Å². The average Bonchev–Trinajstić information content (AvgIpc) is 2.36. The topological polar surface area (TPSA) is 17.3 Å². The molecule has 0 aliphatic carbocycles. The summed E-state index contributed by atoms with van der Waals surface area (Å²) >= 11 is 0. The number of hydrogen-bond acceptors (Lipinski definition) is 1. The summed E-state index contributed by atoms with van der Waals surface area (Å²) in [5.41, 5.74) is 2.17. The molecule has 0 aromatic carbocycles. The zero-order chi connectivity index (χ0) is 6.97. The SMILES string of the molecule is Cc1cc[c]c2ccnn12. The highest BCUT2D eigenvalue weighted by Crippen LogP contribution is 2.02. The van der Waals surface area contributed by atoms with Gasteiger partial charge in [0.15, 0.2) is 0 Å². The Labute approximate surface area is 59.1 Å². The first-order valence-electron chi connectivity index (χ1n) is 3.19. The maximum Gasteiger partial charge on any atom is 0.0743 e. The number of rotatable bonds is 0. The Kier molecular flexibility index (Phi) is 1.01. The van der Waals surface area contributed by atoms with E-state index in [2.05, 4.69) is 11.2 Å². The molecule has 2 heterocycles. The summed E-state index contributed by atoms with van der Waals surface area (Å²) in [6.45, 7) is 2.02. The number of pyridine rings is 1. The average molecular weight is 131 g/mol. The molecule has 0 fully saturated rings. The van der Waals surface area contributed by atoms with Gasteiger partial charge in [-0.3, -0.25) is 0 Å². The fraction of sp³-hybridized carbons (Fsp3) is 0.125. The third kappa shape index (κ3) is 0.620. The normalized spacial score (nSPS) is 10.5. The number of aryl methyl sites for hydroxylation is 1. The van der Waals surface area contributed by atoms with E-state index in [0.717, 1.165) is 11.2 Å². The van der Waals surface area contributed by atoms with Crippen LogP contribution >= 0.6 is 0 Å². The van der Waals surface area contributed by atoms with E-state index in [0.29, 0.717) is 0 Å². The van der Waals surface area contributed by atoms with Crippen LogP contribution in [-0.4, -0.2) is 9.61 Å². The van der Waals surface area contributed by atoms with Crippen LogP contribution in [0.15, 0.2) is 24.4 Å². The monoisotopic (exact) mass is 131 g/mol. The molecule has 0 spiro atoms. The van der Waals surface area contributed by atoms with Crippen LogP contribution in [0.4, 0.5) is 0 Å². The van der Waals surface area contributed by atoms with Gasteiger partial charge in [-0.2, -0.15) is 5.10 Å². The molecule has 2 aromatic heterocycles. The standard InChI is InChI=1S/C8H7N2/c1-7-3-2-4-8-5-6-9-10(7)8/h2-3,5-6H,1H3. The molecule has 0 unspecified atom stereocenters. The van der Waals surface area contributed by atoms with Crippen molar-refractivity contribution >= 4 is 5.52 Å². The molecule has 2 heteroatoms. The molecule has 2 nitrogen and oxygen atoms in total. The quantitative estimate of drug-likeness (QED) is 0.529. The Morgan fingerprint density at radius 2 is 2.40 bits per heavy atom. The van der Waals surface area contributed by atoms with Crippen LogP contribution in [0.2, 0.25) is 0 Å². The third-order valence-corrected chi connectivity index (χ3v) is 1.53. The van der Waals surface area contributed by atoms with Gasteiger partial charge >= 0.3 is 0 Å². The molecule has 49 valence electrons. The van der Waals surface area contributed by atoms with Gasteiger partial charge in [0.05, 0.1) is 11.7 Å². The molecule has 10 heavy (non-hydrogen) atoms. The first-order chi connectivity index (χ1) is 4.88. The summed E-state index contributed by atoms with van der Waals surface area (Å²) in [7, 11) is 0. The molecule has 0 atom stereocenters. The predicted octanol–water partition coefficient (Wildman–Crippen LogP) is 1.44. The molecule has 0 aliphatic heterocycles. The van der Waals surface area contributed by atoms with E-state index in [4.69, 9.17) is 0 Å². The minimum absolute atomic E-state index is 1.03. The van der Waals surface area contributed by atoms with Crippen molar-refractivity contribution in [3.8, 4) is 0 Å². The molecule has 0 amide bonds. The van der Waals surface area contributed by atoms with Gasteiger partial charge in [-0.05, 0) is 19.1 Å². The maximum atomic E-state index is 4.10. The molecule has 2 aromatic rings. The summed E-state index contributed by atoms with van der Waals surface area (Å²) in [5.74, 6) is 0. The Hall–Kier alpha value is -1.31. The summed E-state index contributed by atoms with van der Waals surface area (Å²) in [5, 5.41) is 4.10. The van der Waals surface area contributed by atoms with Gasteiger partial charge in [0.2, 0.25) is 0 Å². The lowest BCUT2D eigenvalue weighted by atomic mass is 10.3. The first kappa shape index (κ1) is 5.47. The van der Waals surface area contributed by atoms with Gasteiger partial charge in [-0.15, -0.1) is 0 Å². The molecule has 2 rings (SSSR count). The molecule has 0 bridgehead atoms. The van der Waals surface area contributed by atoms with E-state index < -0.39 is 0 Å². The van der Waals surface area contributed by atoms with Crippen molar-refractivity contribution in [2.24, 2.45) is 0 Å². The first-order valence-corrected chi connectivity index (χ1v) is 3.19. The van der Waals surface area contributed by atoms with Crippen molar-refractivity contribution in [3.63, 3.8) is 0 Å². The van der Waals surface area contributed by atoms with Crippen LogP contribution in [0, 0.1) is 13.0 Å². The van der Waals surface area contributed by atoms with Crippen molar-refractivity contribution in [2.75, 3.05) is 0 Å². The number of fused-ring (bicyclic) bond motifs is 1. The summed E-state index contributed by atoms with van der Waals surface area (Å²) in [6, 6.07) is 8.90. The van der Waals surface area contributed by atoms with E-state index in [1.807, 2.05) is 29.6 Å². The lowest BCUT2D eigenvalue weighted by molar-refractivity contribution is 0.914. The molecule has 0 saturated heterocycles. The second-order valence-electron chi connectivity index (χ2n) is 2.25. The van der Waals surface area contributed by atoms with Crippen LogP contribution < -0.4 is 0 Å². The largest absolute Gasteiger partial charge is 0.237 e. The van der Waals surface area contributed by atoms with Crippen molar-refractivity contribution < 1.29 is 0 Å². The van der Waals surface area contributed by atoms with Gasteiger partial charge in [0.1, 0.15) is 0 Å². The predicted molar refractivity (Wildman–Crippen MR) is 38.8 cm³/mol. The Bertz CT molecular complexity index is 349. The lowest BCUT2D eigenvalue weighted by Gasteiger charge is -1.94. The summed E-state index contributed by atoms with van der Waals surface area (Å²) in [6.07, 6.45) is 1.78. The Morgan fingerprint density at radius 3 is 3.20 bits per heavy atom. The van der Waals surface area contributed by atoms with Gasteiger partial charge in [0.25, 0.3) is 0 Å². The second-order valence-corrected chi connectivity index (χ2v) is 2.25. The van der Waals surface area contributed by atoms with E-state index in [9.17, 15) is 0 Å². The van der Waals surface area contributed by atoms with Gasteiger partial charge in [-0.25, -0.2) is 4.52 Å². The van der Waals surface area contributed by atoms with Crippen molar-refractivity contribution in [1.29, 1.82) is 0 Å². The minimum atomic E-state index is 1.03. The lowest BCUT2D eigenvalue weighted by Crippen LogP contribution is -1.90. The van der Waals surface area contributed by atoms with E-state index in [1.165, 1.54) is 0 Å². The molecule has 0 aliphatic rings. The molecule has 0 N–H and O–H groups in total. The fourth-order valence-corrected chi connectivity index (χ4v) is 1.01. The Morgan fingerprint density at radius 1 is 1.50 bits per heavy atom. The number of nitrogens with zero attached hydrogens (tertiary/aromatic N) is 2. The summed E-state index contributed by atoms with van der Waals surface area (Å²) < 4.78 is 1.86. The van der Waals surface area contributed by atoms with Crippen LogP contribution in [0.1, 0.15) is 5.69 Å². The van der Waals surface area contributed by atoms with Crippen LogP contribution in [0.25, 0.3) is 5.52 Å². The van der Waals surface area contributed by atoms with E-state index in [-0.39, 0.29) is 0 Å². The second kappa shape index (κ2) is 1.84. The highest BCUT2D eigenvalue weighted by Gasteiger charge is 1.92. The number of hydrogen-bond donors (Lipinski definition) is 0. The van der Waals surface area contributed by atoms with Gasteiger partial charge in [-0.1, -0.05) is 6.07 Å². The van der Waals surface area contributed by atoms with Gasteiger partial charge in [0, 0.05) is 11.8 Å². The van der Waals surface area contributed by atoms with E-state index >= 15 is 0 Å². The van der Waals surface area contributed by atoms with Crippen molar-refractivity contribution in [1.82, 2.24) is 9.61 Å². The van der Waals surface area contributed by atoms with E-state index in [1.54, 1.807) is 6.20 Å². The third-order valence-electron chi connectivity index (χ3n) is 1.53. The highest BCUT2D eigenvalue weighted by atomic mass is 15.2. The highest BCUT2D eigenvalue weighted by molar-refractivity contribution is 5.44. The van der Waals surface area contributed by atoms with Crippen LogP contribution in [-0.2, 0) is 0 Å². The van der Waals surface area contributed by atoms with Crippen LogP contribution in [0.3, 0.4) is 0 Å². The molecular formula is C8H7N2. The molecule has 1 radical (unpaired) electrons. The minimum Gasteiger partial charge on any atom is -0.237 e. The smallest absolute Gasteiger partial charge is 0.0743 e. The van der Waals surface area contributed by atoms with Crippen LogP contribution in [0.5, 0.6) is 0 Å². The zero-order valence-corrected chi connectivity index (χ0v) is 5.70. The van der Waals surface area contributed by atoms with Crippen molar-refractivity contribution in [3.05, 3.63) is 36.2 Å².